The minimum Gasteiger partial charge on any atom is -0.508 e. The molecular weight excluding hydrogens is 408 g/mol. The first kappa shape index (κ1) is 22.1. The molecule has 2 aromatic rings. The lowest BCUT2D eigenvalue weighted by Crippen LogP contribution is -2.35. The number of benzene rings is 2. The zero-order valence-electron chi connectivity index (χ0n) is 18.5. The van der Waals surface area contributed by atoms with Crippen molar-refractivity contribution in [3.05, 3.63) is 58.1 Å². The summed E-state index contributed by atoms with van der Waals surface area (Å²) in [5.41, 5.74) is 4.19. The molecule has 3 N–H and O–H groups in total. The van der Waals surface area contributed by atoms with Gasteiger partial charge >= 0.3 is 5.97 Å². The van der Waals surface area contributed by atoms with Crippen LogP contribution in [0.3, 0.4) is 0 Å². The molecule has 0 saturated carbocycles. The van der Waals surface area contributed by atoms with Crippen LogP contribution >= 0.6 is 0 Å². The largest absolute Gasteiger partial charge is 0.508 e. The Bertz CT molecular complexity index is 1040. The smallest absolute Gasteiger partial charge is 0.306 e. The van der Waals surface area contributed by atoms with Crippen molar-refractivity contribution in [2.75, 3.05) is 13.1 Å². The third-order valence-corrected chi connectivity index (χ3v) is 6.62. The lowest BCUT2D eigenvalue weighted by molar-refractivity contribution is -0.143. The first-order valence-corrected chi connectivity index (χ1v) is 11.1. The lowest BCUT2D eigenvalue weighted by atomic mass is 9.96. The zero-order valence-corrected chi connectivity index (χ0v) is 18.5. The van der Waals surface area contributed by atoms with Crippen LogP contribution in [0.1, 0.15) is 65.2 Å². The summed E-state index contributed by atoms with van der Waals surface area (Å²) in [6, 6.07) is 9.09. The number of piperidine rings is 1. The molecule has 0 spiro atoms. The molecule has 1 fully saturated rings. The Morgan fingerprint density at radius 1 is 1.00 bits per heavy atom. The maximum atomic E-state index is 13.1. The highest BCUT2D eigenvalue weighted by Gasteiger charge is 2.28. The number of aromatic hydroxyl groups is 2. The summed E-state index contributed by atoms with van der Waals surface area (Å²) in [6.45, 7) is 7.13. The van der Waals surface area contributed by atoms with E-state index in [4.69, 9.17) is 5.11 Å². The molecule has 0 atom stereocenters. The molecule has 7 nitrogen and oxygen atoms in total. The number of nitrogens with zero attached hydrogens (tertiary/aromatic N) is 2. The van der Waals surface area contributed by atoms with Gasteiger partial charge in [-0.15, -0.1) is 0 Å². The van der Waals surface area contributed by atoms with Gasteiger partial charge in [-0.2, -0.15) is 0 Å². The Morgan fingerprint density at radius 3 is 2.34 bits per heavy atom. The highest BCUT2D eigenvalue weighted by Crippen LogP contribution is 2.34. The highest BCUT2D eigenvalue weighted by molar-refractivity contribution is 5.97. The summed E-state index contributed by atoms with van der Waals surface area (Å²) in [5, 5.41) is 29.5. The van der Waals surface area contributed by atoms with Crippen molar-refractivity contribution in [1.82, 2.24) is 9.80 Å². The Morgan fingerprint density at radius 2 is 1.69 bits per heavy atom. The van der Waals surface area contributed by atoms with E-state index in [2.05, 4.69) is 23.1 Å². The number of likely N-dealkylation sites (tertiary alicyclic amines) is 1. The summed E-state index contributed by atoms with van der Waals surface area (Å²) < 4.78 is 0. The molecule has 2 heterocycles. The van der Waals surface area contributed by atoms with Crippen molar-refractivity contribution < 1.29 is 24.9 Å². The van der Waals surface area contributed by atoms with Gasteiger partial charge in [0.15, 0.2) is 0 Å². The highest BCUT2D eigenvalue weighted by atomic mass is 16.4. The molecule has 170 valence electrons. The predicted molar refractivity (Wildman–Crippen MR) is 120 cm³/mol. The second kappa shape index (κ2) is 8.82. The predicted octanol–water partition coefficient (Wildman–Crippen LogP) is 3.67. The van der Waals surface area contributed by atoms with Crippen molar-refractivity contribution in [3.63, 3.8) is 0 Å². The number of fused-ring (bicyclic) bond motifs is 1. The van der Waals surface area contributed by atoms with Gasteiger partial charge in [0, 0.05) is 25.7 Å². The Balaban J connectivity index is 1.44. The topological polar surface area (TPSA) is 101 Å². The molecule has 2 aromatic carbocycles. The van der Waals surface area contributed by atoms with Crippen LogP contribution in [0.5, 0.6) is 11.5 Å². The lowest BCUT2D eigenvalue weighted by Gasteiger charge is -2.30. The fraction of sp³-hybridized carbons (Fsp3) is 0.440. The standard InChI is InChI=1S/C25H30N2O5/c1-15(2)20-10-21(23(29)11-22(20)28)24(30)27-13-18-4-3-16(9-19(18)14-27)12-26-7-5-17(6-8-26)25(31)32/h3-4,9-11,15,17,28-29H,5-8,12-14H2,1-2H3,(H,31,32). The van der Waals surface area contributed by atoms with Crippen LogP contribution in [-0.4, -0.2) is 50.1 Å². The molecule has 1 amide bonds. The molecule has 2 aliphatic heterocycles. The first-order chi connectivity index (χ1) is 15.2. The Kier molecular flexibility index (Phi) is 6.11. The van der Waals surface area contributed by atoms with Gasteiger partial charge in [0.25, 0.3) is 5.91 Å². The Labute approximate surface area is 187 Å². The van der Waals surface area contributed by atoms with Crippen LogP contribution in [0.4, 0.5) is 0 Å². The molecule has 1 saturated heterocycles. The summed E-state index contributed by atoms with van der Waals surface area (Å²) in [7, 11) is 0. The van der Waals surface area contributed by atoms with Crippen molar-refractivity contribution >= 4 is 11.9 Å². The van der Waals surface area contributed by atoms with Crippen molar-refractivity contribution in [2.24, 2.45) is 5.92 Å². The number of carboxylic acid groups (broad SMARTS) is 1. The fourth-order valence-corrected chi connectivity index (χ4v) is 4.68. The fourth-order valence-electron chi connectivity index (χ4n) is 4.68. The minimum atomic E-state index is -0.702. The van der Waals surface area contributed by atoms with Gasteiger partial charge < -0.3 is 20.2 Å². The number of amides is 1. The number of phenols is 2. The molecule has 32 heavy (non-hydrogen) atoms. The van der Waals surface area contributed by atoms with Crippen LogP contribution in [0.2, 0.25) is 0 Å². The second-order valence-corrected chi connectivity index (χ2v) is 9.24. The van der Waals surface area contributed by atoms with Crippen molar-refractivity contribution in [3.8, 4) is 11.5 Å². The molecule has 0 aromatic heterocycles. The summed E-state index contributed by atoms with van der Waals surface area (Å²) in [5.74, 6) is -1.38. The van der Waals surface area contributed by atoms with Gasteiger partial charge in [-0.25, -0.2) is 0 Å². The third-order valence-electron chi connectivity index (χ3n) is 6.62. The summed E-state index contributed by atoms with van der Waals surface area (Å²) >= 11 is 0. The van der Waals surface area contributed by atoms with E-state index in [1.807, 2.05) is 13.8 Å². The normalized spacial score (nSPS) is 17.0. The SMILES string of the molecule is CC(C)c1cc(C(=O)N2Cc3ccc(CN4CCC(C(=O)O)CC4)cc3C2)c(O)cc1O. The first-order valence-electron chi connectivity index (χ1n) is 11.1. The maximum absolute atomic E-state index is 13.1. The van der Waals surface area contributed by atoms with Gasteiger partial charge in [0.05, 0.1) is 11.5 Å². The second-order valence-electron chi connectivity index (χ2n) is 9.24. The average Bonchev–Trinajstić information content (AvgIpc) is 3.17. The average molecular weight is 439 g/mol. The van der Waals surface area contributed by atoms with Gasteiger partial charge in [-0.05, 0) is 60.2 Å². The van der Waals surface area contributed by atoms with E-state index in [1.54, 1.807) is 11.0 Å². The van der Waals surface area contributed by atoms with Crippen LogP contribution < -0.4 is 0 Å². The van der Waals surface area contributed by atoms with Gasteiger partial charge in [-0.3, -0.25) is 14.5 Å². The van der Waals surface area contributed by atoms with Crippen LogP contribution in [0.25, 0.3) is 0 Å². The number of carbonyl (C=O) groups is 2. The molecule has 0 aliphatic carbocycles. The van der Waals surface area contributed by atoms with E-state index in [9.17, 15) is 19.8 Å². The number of carboxylic acids is 1. The molecule has 0 unspecified atom stereocenters. The van der Waals surface area contributed by atoms with Crippen LogP contribution in [-0.2, 0) is 24.4 Å². The quantitative estimate of drug-likeness (QED) is 0.658. The minimum absolute atomic E-state index is 0.00390. The summed E-state index contributed by atoms with van der Waals surface area (Å²) in [6.07, 6.45) is 1.36. The Hall–Kier alpha value is -3.06. The maximum Gasteiger partial charge on any atom is 0.306 e. The number of rotatable bonds is 5. The monoisotopic (exact) mass is 438 g/mol. The van der Waals surface area contributed by atoms with E-state index in [0.29, 0.717) is 31.5 Å². The number of hydrogen-bond donors (Lipinski definition) is 3. The number of carbonyl (C=O) groups excluding carboxylic acids is 1. The van der Waals surface area contributed by atoms with E-state index >= 15 is 0 Å². The molecular formula is C25H30N2O5. The molecule has 4 rings (SSSR count). The summed E-state index contributed by atoms with van der Waals surface area (Å²) in [4.78, 5) is 28.3. The van der Waals surface area contributed by atoms with E-state index in [-0.39, 0.29) is 34.8 Å². The third kappa shape index (κ3) is 4.43. The molecule has 0 bridgehead atoms. The molecule has 0 radical (unpaired) electrons. The number of phenolic OH excluding ortho intramolecular Hbond substituents is 2. The van der Waals surface area contributed by atoms with Gasteiger partial charge in [0.2, 0.25) is 0 Å². The van der Waals surface area contributed by atoms with Gasteiger partial charge in [-0.1, -0.05) is 32.0 Å². The van der Waals surface area contributed by atoms with Crippen LogP contribution in [0.15, 0.2) is 30.3 Å². The molecule has 7 heteroatoms. The molecule has 2 aliphatic rings. The van der Waals surface area contributed by atoms with Crippen LogP contribution in [0, 0.1) is 5.92 Å². The number of hydrogen-bond acceptors (Lipinski definition) is 5. The van der Waals surface area contributed by atoms with Crippen molar-refractivity contribution in [1.29, 1.82) is 0 Å². The van der Waals surface area contributed by atoms with Crippen molar-refractivity contribution in [2.45, 2.75) is 52.2 Å². The van der Waals surface area contributed by atoms with E-state index < -0.39 is 5.97 Å². The zero-order chi connectivity index (χ0) is 23.0. The van der Waals surface area contributed by atoms with E-state index in [0.717, 1.165) is 36.3 Å². The van der Waals surface area contributed by atoms with E-state index in [1.165, 1.54) is 6.07 Å². The van der Waals surface area contributed by atoms with Gasteiger partial charge in [0.1, 0.15) is 11.5 Å². The number of aliphatic carboxylic acids is 1.